The molecule has 1 rings (SSSR count). The zero-order valence-corrected chi connectivity index (χ0v) is 13.4. The first-order valence-electron chi connectivity index (χ1n) is 7.21. The van der Waals surface area contributed by atoms with Gasteiger partial charge in [-0.15, -0.1) is 0 Å². The molecule has 4 heteroatoms. The number of likely N-dealkylation sites (N-methyl/N-ethyl adjacent to an activating group) is 1. The van der Waals surface area contributed by atoms with Crippen LogP contribution in [0.2, 0.25) is 0 Å². The Kier molecular flexibility index (Phi) is 7.61. The van der Waals surface area contributed by atoms with E-state index >= 15 is 0 Å². The van der Waals surface area contributed by atoms with Crippen molar-refractivity contribution in [3.8, 4) is 0 Å². The number of nitrogens with two attached hydrogens (primary N) is 1. The largest absolute Gasteiger partial charge is 0.329 e. The highest BCUT2D eigenvalue weighted by molar-refractivity contribution is 7.99. The first kappa shape index (κ1) is 16.3. The fourth-order valence-corrected chi connectivity index (χ4v) is 4.01. The Labute approximate surface area is 117 Å². The van der Waals surface area contributed by atoms with Crippen molar-refractivity contribution in [3.05, 3.63) is 0 Å². The molecule has 2 unspecified atom stereocenters. The quantitative estimate of drug-likeness (QED) is 0.728. The summed E-state index contributed by atoms with van der Waals surface area (Å²) in [5.74, 6) is 4.15. The summed E-state index contributed by atoms with van der Waals surface area (Å²) in [5, 5.41) is 0. The van der Waals surface area contributed by atoms with E-state index in [0.29, 0.717) is 6.04 Å². The number of hydrogen-bond acceptors (Lipinski definition) is 4. The maximum absolute atomic E-state index is 6.07. The van der Waals surface area contributed by atoms with Gasteiger partial charge in [0.2, 0.25) is 0 Å². The fraction of sp³-hybridized carbons (Fsp3) is 1.00. The Morgan fingerprint density at radius 1 is 1.28 bits per heavy atom. The number of hydrogen-bond donors (Lipinski definition) is 1. The molecule has 0 aromatic carbocycles. The van der Waals surface area contributed by atoms with Crippen LogP contribution < -0.4 is 5.73 Å². The molecule has 1 aliphatic heterocycles. The Balaban J connectivity index is 2.58. The summed E-state index contributed by atoms with van der Waals surface area (Å²) in [6, 6.07) is 0.586. The molecule has 0 aromatic rings. The van der Waals surface area contributed by atoms with Gasteiger partial charge in [-0.1, -0.05) is 13.8 Å². The van der Waals surface area contributed by atoms with Crippen LogP contribution in [0.1, 0.15) is 20.3 Å². The normalized spacial score (nSPS) is 22.3. The molecular weight excluding hydrogens is 242 g/mol. The number of rotatable bonds is 8. The first-order valence-corrected chi connectivity index (χ1v) is 8.36. The van der Waals surface area contributed by atoms with Crippen molar-refractivity contribution in [3.63, 3.8) is 0 Å². The molecule has 0 aromatic heterocycles. The van der Waals surface area contributed by atoms with Crippen LogP contribution in [0.3, 0.4) is 0 Å². The third kappa shape index (κ3) is 5.47. The minimum atomic E-state index is 0.586. The summed E-state index contributed by atoms with van der Waals surface area (Å²) in [6.45, 7) is 8.87. The second kappa shape index (κ2) is 8.41. The van der Waals surface area contributed by atoms with E-state index in [1.807, 2.05) is 0 Å². The van der Waals surface area contributed by atoms with Crippen LogP contribution in [0.25, 0.3) is 0 Å². The van der Waals surface area contributed by atoms with Crippen LogP contribution in [0.15, 0.2) is 0 Å². The van der Waals surface area contributed by atoms with E-state index in [1.54, 1.807) is 0 Å². The van der Waals surface area contributed by atoms with Gasteiger partial charge in [-0.3, -0.25) is 4.90 Å². The summed E-state index contributed by atoms with van der Waals surface area (Å²) in [4.78, 5) is 4.91. The van der Waals surface area contributed by atoms with Crippen LogP contribution >= 0.6 is 11.8 Å². The van der Waals surface area contributed by atoms with E-state index in [9.17, 15) is 0 Å². The molecule has 0 spiro atoms. The molecule has 0 radical (unpaired) electrons. The van der Waals surface area contributed by atoms with Crippen molar-refractivity contribution < 1.29 is 0 Å². The van der Waals surface area contributed by atoms with Gasteiger partial charge >= 0.3 is 0 Å². The van der Waals surface area contributed by atoms with Crippen molar-refractivity contribution in [2.75, 3.05) is 51.8 Å². The van der Waals surface area contributed by atoms with Gasteiger partial charge in [0.15, 0.2) is 0 Å². The highest BCUT2D eigenvalue weighted by Crippen LogP contribution is 2.28. The molecule has 0 amide bonds. The van der Waals surface area contributed by atoms with Crippen molar-refractivity contribution in [1.29, 1.82) is 0 Å². The highest BCUT2D eigenvalue weighted by atomic mass is 32.2. The standard InChI is InChI=1S/C14H31N3S/c1-12(2)10-17(7-6-16(3)4)14(9-15)13-5-8-18-11-13/h12-14H,5-11,15H2,1-4H3. The minimum absolute atomic E-state index is 0.586. The molecule has 1 heterocycles. The van der Waals surface area contributed by atoms with Crippen LogP contribution in [0.5, 0.6) is 0 Å². The van der Waals surface area contributed by atoms with Gasteiger partial charge in [0, 0.05) is 32.2 Å². The number of thioether (sulfide) groups is 1. The van der Waals surface area contributed by atoms with Gasteiger partial charge in [-0.2, -0.15) is 11.8 Å². The molecule has 2 N–H and O–H groups in total. The summed E-state index contributed by atoms with van der Waals surface area (Å²) >= 11 is 2.09. The smallest absolute Gasteiger partial charge is 0.0255 e. The number of nitrogens with zero attached hydrogens (tertiary/aromatic N) is 2. The van der Waals surface area contributed by atoms with E-state index in [1.165, 1.54) is 24.5 Å². The van der Waals surface area contributed by atoms with Crippen LogP contribution in [-0.4, -0.2) is 67.6 Å². The van der Waals surface area contributed by atoms with Crippen molar-refractivity contribution in [2.24, 2.45) is 17.6 Å². The van der Waals surface area contributed by atoms with Gasteiger partial charge in [-0.05, 0) is 43.9 Å². The van der Waals surface area contributed by atoms with Gasteiger partial charge in [0.25, 0.3) is 0 Å². The molecule has 0 aliphatic carbocycles. The second-order valence-electron chi connectivity index (χ2n) is 6.12. The molecule has 1 fully saturated rings. The first-order chi connectivity index (χ1) is 8.54. The third-order valence-corrected chi connectivity index (χ3v) is 4.84. The lowest BCUT2D eigenvalue weighted by molar-refractivity contribution is 0.128. The van der Waals surface area contributed by atoms with Crippen molar-refractivity contribution >= 4 is 11.8 Å². The van der Waals surface area contributed by atoms with E-state index in [-0.39, 0.29) is 0 Å². The van der Waals surface area contributed by atoms with Gasteiger partial charge in [0.1, 0.15) is 0 Å². The Bertz CT molecular complexity index is 215. The van der Waals surface area contributed by atoms with Gasteiger partial charge in [-0.25, -0.2) is 0 Å². The van der Waals surface area contributed by atoms with Crippen molar-refractivity contribution in [1.82, 2.24) is 9.80 Å². The van der Waals surface area contributed by atoms with Gasteiger partial charge in [0.05, 0.1) is 0 Å². The van der Waals surface area contributed by atoms with Crippen LogP contribution in [-0.2, 0) is 0 Å². The van der Waals surface area contributed by atoms with Crippen LogP contribution in [0, 0.1) is 11.8 Å². The SMILES string of the molecule is CC(C)CN(CCN(C)C)C(CN)C1CCSC1. The van der Waals surface area contributed by atoms with E-state index in [4.69, 9.17) is 5.73 Å². The lowest BCUT2D eigenvalue weighted by Crippen LogP contribution is -2.49. The van der Waals surface area contributed by atoms with E-state index < -0.39 is 0 Å². The Morgan fingerprint density at radius 3 is 2.44 bits per heavy atom. The molecule has 0 saturated carbocycles. The third-order valence-electron chi connectivity index (χ3n) is 3.65. The fourth-order valence-electron chi connectivity index (χ4n) is 2.69. The molecule has 0 bridgehead atoms. The van der Waals surface area contributed by atoms with Crippen molar-refractivity contribution in [2.45, 2.75) is 26.3 Å². The molecule has 2 atom stereocenters. The summed E-state index contributed by atoms with van der Waals surface area (Å²) in [7, 11) is 4.30. The topological polar surface area (TPSA) is 32.5 Å². The Hall–Kier alpha value is 0.230. The minimum Gasteiger partial charge on any atom is -0.329 e. The second-order valence-corrected chi connectivity index (χ2v) is 7.27. The maximum Gasteiger partial charge on any atom is 0.0255 e. The van der Waals surface area contributed by atoms with Gasteiger partial charge < -0.3 is 10.6 Å². The average molecular weight is 273 g/mol. The molecule has 18 heavy (non-hydrogen) atoms. The zero-order chi connectivity index (χ0) is 13.5. The molecular formula is C14H31N3S. The predicted octanol–water partition coefficient (Wildman–Crippen LogP) is 1.59. The summed E-state index contributed by atoms with van der Waals surface area (Å²) < 4.78 is 0. The Morgan fingerprint density at radius 2 is 2.00 bits per heavy atom. The lowest BCUT2D eigenvalue weighted by atomic mass is 9.96. The van der Waals surface area contributed by atoms with E-state index in [2.05, 4.69) is 49.5 Å². The monoisotopic (exact) mass is 273 g/mol. The zero-order valence-electron chi connectivity index (χ0n) is 12.6. The summed E-state index contributed by atoms with van der Waals surface area (Å²) in [5.41, 5.74) is 6.07. The maximum atomic E-state index is 6.07. The molecule has 3 nitrogen and oxygen atoms in total. The lowest BCUT2D eigenvalue weighted by Gasteiger charge is -2.36. The van der Waals surface area contributed by atoms with E-state index in [0.717, 1.165) is 31.5 Å². The summed E-state index contributed by atoms with van der Waals surface area (Å²) in [6.07, 6.45) is 1.35. The molecule has 1 aliphatic rings. The average Bonchev–Trinajstić information content (AvgIpc) is 2.79. The predicted molar refractivity (Wildman–Crippen MR) is 83.2 cm³/mol. The molecule has 108 valence electrons. The molecule has 1 saturated heterocycles. The van der Waals surface area contributed by atoms with Crippen LogP contribution in [0.4, 0.5) is 0 Å². The highest BCUT2D eigenvalue weighted by Gasteiger charge is 2.29.